The van der Waals surface area contributed by atoms with Crippen LogP contribution >= 0.6 is 0 Å². The Bertz CT molecular complexity index is 970. The number of nitrogens with zero attached hydrogens (tertiary/aromatic N) is 2. The average Bonchev–Trinajstić information content (AvgIpc) is 2.82. The van der Waals surface area contributed by atoms with E-state index in [2.05, 4.69) is 77.4 Å². The first kappa shape index (κ1) is 20.9. The van der Waals surface area contributed by atoms with E-state index in [1.165, 1.54) is 11.1 Å². The number of rotatable bonds is 7. The van der Waals surface area contributed by atoms with Gasteiger partial charge in [0.1, 0.15) is 11.8 Å². The number of benzene rings is 3. The van der Waals surface area contributed by atoms with Crippen LogP contribution in [0, 0.1) is 0 Å². The zero-order valence-electron chi connectivity index (χ0n) is 17.8. The smallest absolute Gasteiger partial charge is 0.139 e. The van der Waals surface area contributed by atoms with Crippen LogP contribution in [0.1, 0.15) is 28.3 Å². The maximum atomic E-state index is 10.5. The van der Waals surface area contributed by atoms with Crippen LogP contribution in [0.5, 0.6) is 5.75 Å². The van der Waals surface area contributed by atoms with E-state index >= 15 is 0 Å². The first-order chi connectivity index (χ1) is 15.3. The van der Waals surface area contributed by atoms with Crippen LogP contribution < -0.4 is 4.90 Å². The molecule has 4 heteroatoms. The lowest BCUT2D eigenvalue weighted by Crippen LogP contribution is -3.15. The molecule has 3 aromatic carbocycles. The predicted molar refractivity (Wildman–Crippen MR) is 127 cm³/mol. The Hall–Kier alpha value is -3.37. The van der Waals surface area contributed by atoms with Crippen molar-refractivity contribution in [3.8, 4) is 5.75 Å². The van der Waals surface area contributed by atoms with E-state index in [4.69, 9.17) is 0 Å². The van der Waals surface area contributed by atoms with Crippen LogP contribution in [0.2, 0.25) is 0 Å². The summed E-state index contributed by atoms with van der Waals surface area (Å²) in [5, 5.41) is 17.2. The third kappa shape index (κ3) is 5.04. The third-order valence-corrected chi connectivity index (χ3v) is 5.93. The van der Waals surface area contributed by atoms with Gasteiger partial charge in [0.25, 0.3) is 0 Å². The van der Waals surface area contributed by atoms with E-state index in [9.17, 15) is 5.11 Å². The molecule has 0 atom stereocenters. The van der Waals surface area contributed by atoms with Crippen LogP contribution in [0.15, 0.2) is 96.6 Å². The molecule has 0 radical (unpaired) electrons. The van der Waals surface area contributed by atoms with Gasteiger partial charge >= 0.3 is 0 Å². The second-order valence-electron chi connectivity index (χ2n) is 7.96. The van der Waals surface area contributed by atoms with Gasteiger partial charge < -0.3 is 10.0 Å². The average molecular weight is 413 g/mol. The quantitative estimate of drug-likeness (QED) is 0.461. The maximum absolute atomic E-state index is 10.5. The topological polar surface area (TPSA) is 40.3 Å². The Morgan fingerprint density at radius 3 is 2.10 bits per heavy atom. The van der Waals surface area contributed by atoms with E-state index in [1.54, 1.807) is 17.2 Å². The minimum absolute atomic E-state index is 0.295. The summed E-state index contributed by atoms with van der Waals surface area (Å²) in [7, 11) is 0. The molecule has 0 aliphatic carbocycles. The van der Waals surface area contributed by atoms with Gasteiger partial charge in [0.05, 0.1) is 32.4 Å². The molecule has 0 amide bonds. The van der Waals surface area contributed by atoms with Gasteiger partial charge in [-0.15, -0.1) is 6.58 Å². The first-order valence-electron chi connectivity index (χ1n) is 10.9. The molecular weight excluding hydrogens is 382 g/mol. The molecule has 1 fully saturated rings. The predicted octanol–water partition coefficient (Wildman–Crippen LogP) is 3.44. The van der Waals surface area contributed by atoms with Gasteiger partial charge in [-0.25, -0.2) is 0 Å². The van der Waals surface area contributed by atoms with Crippen LogP contribution in [0.3, 0.4) is 0 Å². The molecule has 4 nitrogen and oxygen atoms in total. The van der Waals surface area contributed by atoms with Crippen LogP contribution in [-0.4, -0.2) is 42.5 Å². The molecule has 2 N–H and O–H groups in total. The van der Waals surface area contributed by atoms with Crippen molar-refractivity contribution >= 4 is 6.21 Å². The summed E-state index contributed by atoms with van der Waals surface area (Å²) in [6.07, 6.45) is 4.22. The number of quaternary nitrogens is 1. The van der Waals surface area contributed by atoms with Crippen molar-refractivity contribution in [1.82, 2.24) is 5.01 Å². The highest BCUT2D eigenvalue weighted by atomic mass is 16.3. The summed E-state index contributed by atoms with van der Waals surface area (Å²) >= 11 is 0. The van der Waals surface area contributed by atoms with Crippen LogP contribution in [0.4, 0.5) is 0 Å². The van der Waals surface area contributed by atoms with E-state index in [1.807, 2.05) is 18.2 Å². The number of hydrogen-bond acceptors (Lipinski definition) is 3. The van der Waals surface area contributed by atoms with Gasteiger partial charge in [0, 0.05) is 16.7 Å². The Balaban J connectivity index is 1.45. The van der Waals surface area contributed by atoms with Gasteiger partial charge in [-0.1, -0.05) is 78.9 Å². The second-order valence-corrected chi connectivity index (χ2v) is 7.96. The molecule has 3 aromatic rings. The lowest BCUT2D eigenvalue weighted by molar-refractivity contribution is -0.929. The SMILES string of the molecule is C=CCc1cccc(/C=N/N2CC[NH+](C(c3ccccc3)c3ccccc3)CC2)c1O. The molecule has 158 valence electrons. The minimum atomic E-state index is 0.295. The molecule has 4 rings (SSSR count). The van der Waals surface area contributed by atoms with Crippen molar-refractivity contribution < 1.29 is 10.0 Å². The minimum Gasteiger partial charge on any atom is -0.507 e. The summed E-state index contributed by atoms with van der Waals surface area (Å²) in [5.41, 5.74) is 4.33. The first-order valence-corrected chi connectivity index (χ1v) is 10.9. The van der Waals surface area contributed by atoms with Crippen molar-refractivity contribution in [2.45, 2.75) is 12.5 Å². The second kappa shape index (κ2) is 10.1. The number of piperazine rings is 1. The van der Waals surface area contributed by atoms with E-state index in [0.717, 1.165) is 37.3 Å². The Labute approximate surface area is 184 Å². The molecule has 1 aliphatic heterocycles. The standard InChI is InChI=1S/C27H29N3O/c1-2-10-24-15-9-16-25(27(24)31)21-28-30-19-17-29(18-20-30)26(22-11-5-3-6-12-22)23-13-7-4-8-14-23/h2-9,11-16,21,26,31H,1,10,17-20H2/p+1/b28-21+. The maximum Gasteiger partial charge on any atom is 0.139 e. The van der Waals surface area contributed by atoms with Crippen molar-refractivity contribution in [3.63, 3.8) is 0 Å². The summed E-state index contributed by atoms with van der Waals surface area (Å²) in [5.74, 6) is 0.295. The summed E-state index contributed by atoms with van der Waals surface area (Å²) in [4.78, 5) is 1.56. The molecule has 0 saturated carbocycles. The monoisotopic (exact) mass is 412 g/mol. The van der Waals surface area contributed by atoms with Crippen LogP contribution in [0.25, 0.3) is 0 Å². The number of aromatic hydroxyl groups is 1. The fraction of sp³-hybridized carbons (Fsp3) is 0.222. The van der Waals surface area contributed by atoms with Crippen molar-refractivity contribution in [2.24, 2.45) is 5.10 Å². The third-order valence-electron chi connectivity index (χ3n) is 5.93. The number of hydrogen-bond donors (Lipinski definition) is 2. The largest absolute Gasteiger partial charge is 0.507 e. The normalized spacial score (nSPS) is 14.9. The lowest BCUT2D eigenvalue weighted by Gasteiger charge is -2.36. The number of phenolic OH excluding ortho intramolecular Hbond substituents is 1. The number of allylic oxidation sites excluding steroid dienone is 1. The number of hydrazone groups is 1. The van der Waals surface area contributed by atoms with Crippen molar-refractivity contribution in [2.75, 3.05) is 26.2 Å². The molecule has 1 aliphatic rings. The van der Waals surface area contributed by atoms with Gasteiger partial charge in [-0.05, 0) is 18.1 Å². The van der Waals surface area contributed by atoms with Gasteiger partial charge in [0.15, 0.2) is 0 Å². The number of para-hydroxylation sites is 1. The van der Waals surface area contributed by atoms with Crippen molar-refractivity contribution in [1.29, 1.82) is 0 Å². The fourth-order valence-corrected chi connectivity index (χ4v) is 4.32. The lowest BCUT2D eigenvalue weighted by atomic mass is 9.96. The molecule has 0 unspecified atom stereocenters. The fourth-order valence-electron chi connectivity index (χ4n) is 4.32. The highest BCUT2D eigenvalue weighted by Gasteiger charge is 2.29. The van der Waals surface area contributed by atoms with Gasteiger partial charge in [-0.2, -0.15) is 5.10 Å². The van der Waals surface area contributed by atoms with E-state index in [0.29, 0.717) is 18.2 Å². The summed E-state index contributed by atoms with van der Waals surface area (Å²) < 4.78 is 0. The molecule has 0 aromatic heterocycles. The highest BCUT2D eigenvalue weighted by molar-refractivity contribution is 5.83. The van der Waals surface area contributed by atoms with Crippen LogP contribution in [-0.2, 0) is 6.42 Å². The molecule has 1 saturated heterocycles. The Morgan fingerprint density at radius 1 is 0.903 bits per heavy atom. The summed E-state index contributed by atoms with van der Waals surface area (Å²) in [6, 6.07) is 27.7. The Kier molecular flexibility index (Phi) is 6.80. The number of nitrogens with one attached hydrogen (secondary N) is 1. The molecule has 31 heavy (non-hydrogen) atoms. The van der Waals surface area contributed by atoms with Gasteiger partial charge in [-0.3, -0.25) is 5.01 Å². The number of phenols is 1. The van der Waals surface area contributed by atoms with Gasteiger partial charge in [0.2, 0.25) is 0 Å². The van der Waals surface area contributed by atoms with E-state index < -0.39 is 0 Å². The molecular formula is C27H30N3O+. The Morgan fingerprint density at radius 2 is 1.52 bits per heavy atom. The van der Waals surface area contributed by atoms with Crippen molar-refractivity contribution in [3.05, 3.63) is 114 Å². The highest BCUT2D eigenvalue weighted by Crippen LogP contribution is 2.22. The van der Waals surface area contributed by atoms with E-state index in [-0.39, 0.29) is 0 Å². The molecule has 0 bridgehead atoms. The zero-order chi connectivity index (χ0) is 21.5. The molecule has 0 spiro atoms. The summed E-state index contributed by atoms with van der Waals surface area (Å²) in [6.45, 7) is 7.54. The zero-order valence-corrected chi connectivity index (χ0v) is 17.8. The molecule has 1 heterocycles.